The van der Waals surface area contributed by atoms with Crippen molar-refractivity contribution in [3.05, 3.63) is 59.7 Å². The number of rotatable bonds is 3. The van der Waals surface area contributed by atoms with Crippen molar-refractivity contribution in [1.29, 1.82) is 0 Å². The maximum absolute atomic E-state index is 11.7. The third-order valence-corrected chi connectivity index (χ3v) is 2.36. The zero-order valence-electron chi connectivity index (χ0n) is 9.95. The smallest absolute Gasteiger partial charge is 0.271 e. The van der Waals surface area contributed by atoms with E-state index >= 15 is 0 Å². The molecule has 0 aliphatic heterocycles. The maximum Gasteiger partial charge on any atom is 0.271 e. The maximum atomic E-state index is 11.7. The zero-order valence-corrected chi connectivity index (χ0v) is 9.95. The Morgan fingerprint density at radius 3 is 2.42 bits per heavy atom. The molecule has 2 rings (SSSR count). The Bertz CT molecular complexity index is 624. The lowest BCUT2D eigenvalue weighted by molar-refractivity contribution is 0.0954. The molecule has 0 aliphatic rings. The standard InChI is InChI=1S/C14H12N2O3/c17-12-5-1-3-10(7-12)9-15-16-14(19)11-4-2-6-13(18)8-11/h1-9,17-18H,(H,16,19). The molecule has 0 saturated heterocycles. The molecule has 0 radical (unpaired) electrons. The number of aromatic hydroxyl groups is 2. The monoisotopic (exact) mass is 256 g/mol. The van der Waals surface area contributed by atoms with Gasteiger partial charge in [-0.1, -0.05) is 18.2 Å². The molecule has 0 fully saturated rings. The minimum absolute atomic E-state index is 0.0182. The van der Waals surface area contributed by atoms with Crippen molar-refractivity contribution in [1.82, 2.24) is 5.43 Å². The van der Waals surface area contributed by atoms with Crippen LogP contribution in [0.15, 0.2) is 53.6 Å². The van der Waals surface area contributed by atoms with E-state index in [1.165, 1.54) is 24.4 Å². The van der Waals surface area contributed by atoms with Gasteiger partial charge in [-0.2, -0.15) is 5.10 Å². The van der Waals surface area contributed by atoms with E-state index in [1.807, 2.05) is 0 Å². The lowest BCUT2D eigenvalue weighted by Crippen LogP contribution is -2.17. The summed E-state index contributed by atoms with van der Waals surface area (Å²) >= 11 is 0. The summed E-state index contributed by atoms with van der Waals surface area (Å²) in [7, 11) is 0. The molecule has 0 bridgehead atoms. The average Bonchev–Trinajstić information content (AvgIpc) is 2.38. The Morgan fingerprint density at radius 2 is 1.74 bits per heavy atom. The van der Waals surface area contributed by atoms with Crippen molar-refractivity contribution in [3.63, 3.8) is 0 Å². The third kappa shape index (κ3) is 3.57. The minimum atomic E-state index is -0.424. The Kier molecular flexibility index (Phi) is 3.78. The number of nitrogens with one attached hydrogen (secondary N) is 1. The zero-order chi connectivity index (χ0) is 13.7. The first-order valence-corrected chi connectivity index (χ1v) is 5.56. The second-order valence-electron chi connectivity index (χ2n) is 3.84. The molecule has 0 unspecified atom stereocenters. The largest absolute Gasteiger partial charge is 0.508 e. The van der Waals surface area contributed by atoms with Crippen LogP contribution in [0.3, 0.4) is 0 Å². The predicted octanol–water partition coefficient (Wildman–Crippen LogP) is 1.86. The van der Waals surface area contributed by atoms with Gasteiger partial charge in [-0.15, -0.1) is 0 Å². The van der Waals surface area contributed by atoms with E-state index in [0.29, 0.717) is 11.1 Å². The summed E-state index contributed by atoms with van der Waals surface area (Å²) < 4.78 is 0. The number of phenolic OH excluding ortho intramolecular Hbond substituents is 2. The van der Waals surface area contributed by atoms with Crippen LogP contribution in [0.4, 0.5) is 0 Å². The molecule has 19 heavy (non-hydrogen) atoms. The summed E-state index contributed by atoms with van der Waals surface area (Å²) in [5.74, 6) is -0.278. The fourth-order valence-corrected chi connectivity index (χ4v) is 1.48. The summed E-state index contributed by atoms with van der Waals surface area (Å²) in [6.07, 6.45) is 1.42. The molecule has 0 aromatic heterocycles. The van der Waals surface area contributed by atoms with Crippen LogP contribution in [0.1, 0.15) is 15.9 Å². The number of carbonyl (C=O) groups is 1. The molecule has 0 atom stereocenters. The summed E-state index contributed by atoms with van der Waals surface area (Å²) in [6.45, 7) is 0. The topological polar surface area (TPSA) is 81.9 Å². The second kappa shape index (κ2) is 5.68. The highest BCUT2D eigenvalue weighted by Crippen LogP contribution is 2.11. The van der Waals surface area contributed by atoms with Gasteiger partial charge in [0.1, 0.15) is 11.5 Å². The van der Waals surface area contributed by atoms with Gasteiger partial charge < -0.3 is 10.2 Å². The number of phenols is 2. The molecule has 5 nitrogen and oxygen atoms in total. The number of hydrazone groups is 1. The highest BCUT2D eigenvalue weighted by atomic mass is 16.3. The number of carbonyl (C=O) groups excluding carboxylic acids is 1. The molecule has 0 saturated carbocycles. The normalized spacial score (nSPS) is 10.5. The highest BCUT2D eigenvalue weighted by molar-refractivity contribution is 5.95. The van der Waals surface area contributed by atoms with Gasteiger partial charge in [0.2, 0.25) is 0 Å². The van der Waals surface area contributed by atoms with Gasteiger partial charge >= 0.3 is 0 Å². The van der Waals surface area contributed by atoms with E-state index in [1.54, 1.807) is 30.3 Å². The van der Waals surface area contributed by atoms with Crippen molar-refractivity contribution in [3.8, 4) is 11.5 Å². The molecule has 96 valence electrons. The molecule has 0 aliphatic carbocycles. The van der Waals surface area contributed by atoms with E-state index in [4.69, 9.17) is 0 Å². The van der Waals surface area contributed by atoms with Crippen LogP contribution < -0.4 is 5.43 Å². The van der Waals surface area contributed by atoms with Crippen LogP contribution in [0.5, 0.6) is 11.5 Å². The number of hydrogen-bond acceptors (Lipinski definition) is 4. The quantitative estimate of drug-likeness (QED) is 0.579. The molecule has 0 spiro atoms. The first kappa shape index (κ1) is 12.6. The van der Waals surface area contributed by atoms with Crippen LogP contribution in [-0.2, 0) is 0 Å². The molecule has 2 aromatic carbocycles. The Labute approximate surface area is 109 Å². The lowest BCUT2D eigenvalue weighted by Gasteiger charge is -2.00. The number of nitrogens with zero attached hydrogens (tertiary/aromatic N) is 1. The third-order valence-electron chi connectivity index (χ3n) is 2.36. The van der Waals surface area contributed by atoms with Crippen LogP contribution >= 0.6 is 0 Å². The summed E-state index contributed by atoms with van der Waals surface area (Å²) in [4.78, 5) is 11.7. The molecule has 2 aromatic rings. The fourth-order valence-electron chi connectivity index (χ4n) is 1.48. The second-order valence-corrected chi connectivity index (χ2v) is 3.84. The molecule has 1 amide bonds. The van der Waals surface area contributed by atoms with E-state index in [9.17, 15) is 15.0 Å². The van der Waals surface area contributed by atoms with Crippen LogP contribution in [0, 0.1) is 0 Å². The van der Waals surface area contributed by atoms with Gasteiger partial charge in [0.05, 0.1) is 6.21 Å². The molecular formula is C14H12N2O3. The molecule has 5 heteroatoms. The molecule has 3 N–H and O–H groups in total. The summed E-state index contributed by atoms with van der Waals surface area (Å²) in [5, 5.41) is 22.3. The average molecular weight is 256 g/mol. The van der Waals surface area contributed by atoms with E-state index in [2.05, 4.69) is 10.5 Å². The minimum Gasteiger partial charge on any atom is -0.508 e. The lowest BCUT2D eigenvalue weighted by atomic mass is 10.2. The van der Waals surface area contributed by atoms with Crippen molar-refractivity contribution in [2.24, 2.45) is 5.10 Å². The predicted molar refractivity (Wildman–Crippen MR) is 71.3 cm³/mol. The van der Waals surface area contributed by atoms with Gasteiger partial charge in [0.15, 0.2) is 0 Å². The Hall–Kier alpha value is -2.82. The van der Waals surface area contributed by atoms with Crippen molar-refractivity contribution in [2.45, 2.75) is 0 Å². The van der Waals surface area contributed by atoms with Crippen LogP contribution in [0.25, 0.3) is 0 Å². The van der Waals surface area contributed by atoms with Crippen LogP contribution in [-0.4, -0.2) is 22.3 Å². The van der Waals surface area contributed by atoms with Gasteiger partial charge in [-0.3, -0.25) is 4.79 Å². The first-order valence-electron chi connectivity index (χ1n) is 5.56. The fraction of sp³-hybridized carbons (Fsp3) is 0. The van der Waals surface area contributed by atoms with E-state index in [-0.39, 0.29) is 11.5 Å². The Morgan fingerprint density at radius 1 is 1.05 bits per heavy atom. The van der Waals surface area contributed by atoms with E-state index in [0.717, 1.165) is 0 Å². The van der Waals surface area contributed by atoms with Gasteiger partial charge in [0, 0.05) is 5.56 Å². The first-order chi connectivity index (χ1) is 9.15. The number of amides is 1. The van der Waals surface area contributed by atoms with Crippen molar-refractivity contribution in [2.75, 3.05) is 0 Å². The SMILES string of the molecule is O=C(NN=Cc1cccc(O)c1)c1cccc(O)c1. The highest BCUT2D eigenvalue weighted by Gasteiger charge is 2.03. The summed E-state index contributed by atoms with van der Waals surface area (Å²) in [5.41, 5.74) is 3.31. The van der Waals surface area contributed by atoms with Crippen LogP contribution in [0.2, 0.25) is 0 Å². The number of benzene rings is 2. The van der Waals surface area contributed by atoms with Gasteiger partial charge in [0.25, 0.3) is 5.91 Å². The molecule has 0 heterocycles. The summed E-state index contributed by atoms with van der Waals surface area (Å²) in [6, 6.07) is 12.4. The Balaban J connectivity index is 2.01. The van der Waals surface area contributed by atoms with Crippen molar-refractivity contribution < 1.29 is 15.0 Å². The van der Waals surface area contributed by atoms with Crippen molar-refractivity contribution >= 4 is 12.1 Å². The molecular weight excluding hydrogens is 244 g/mol. The number of hydrogen-bond donors (Lipinski definition) is 3. The van der Waals surface area contributed by atoms with E-state index < -0.39 is 5.91 Å². The van der Waals surface area contributed by atoms with Gasteiger partial charge in [-0.05, 0) is 35.9 Å². The van der Waals surface area contributed by atoms with Gasteiger partial charge in [-0.25, -0.2) is 5.43 Å².